The Morgan fingerprint density at radius 1 is 0.912 bits per heavy atom. The highest BCUT2D eigenvalue weighted by Crippen LogP contribution is 2.19. The maximum Gasteiger partial charge on any atom is 0.250 e. The lowest BCUT2D eigenvalue weighted by molar-refractivity contribution is 0.219. The summed E-state index contributed by atoms with van der Waals surface area (Å²) in [5.41, 5.74) is 3.57. The Morgan fingerprint density at radius 3 is 2.18 bits per heavy atom. The van der Waals surface area contributed by atoms with Gasteiger partial charge in [0, 0.05) is 32.4 Å². The van der Waals surface area contributed by atoms with Crippen LogP contribution in [0.15, 0.2) is 88.8 Å². The molecule has 1 heterocycles. The van der Waals surface area contributed by atoms with Crippen LogP contribution in [-0.4, -0.2) is 42.1 Å². The molecule has 182 valence electrons. The van der Waals surface area contributed by atoms with Crippen LogP contribution in [0.25, 0.3) is 0 Å². The maximum atomic E-state index is 11.9. The summed E-state index contributed by atoms with van der Waals surface area (Å²) in [4.78, 5) is 18.8. The van der Waals surface area contributed by atoms with E-state index in [4.69, 9.17) is 0 Å². The summed E-state index contributed by atoms with van der Waals surface area (Å²) in [5.74, 6) is 0.781. The second-order valence-electron chi connectivity index (χ2n) is 7.94. The van der Waals surface area contributed by atoms with E-state index in [9.17, 15) is 4.79 Å². The fourth-order valence-electron chi connectivity index (χ4n) is 3.95. The smallest absolute Gasteiger partial charge is 0.250 e. The Kier molecular flexibility index (Phi) is 11.8. The van der Waals surface area contributed by atoms with Gasteiger partial charge in [0.05, 0.1) is 12.6 Å². The standard InChI is InChI=1S/C27H35N5O.HI/c1-4-31(5-2)25(24-11-7-6-8-12-24)20-30-27(28-3)29-19-22-14-16-23(17-15-22)21-32-18-10-9-13-26(32)33;/h6-18,25H,4-5,19-21H2,1-3H3,(H2,28,29,30);1H. The molecule has 1 atom stereocenters. The summed E-state index contributed by atoms with van der Waals surface area (Å²) in [6.07, 6.45) is 1.81. The summed E-state index contributed by atoms with van der Waals surface area (Å²) in [6.45, 7) is 8.40. The Morgan fingerprint density at radius 2 is 1.56 bits per heavy atom. The van der Waals surface area contributed by atoms with E-state index in [0.29, 0.717) is 13.1 Å². The third-order valence-electron chi connectivity index (χ3n) is 5.86. The number of likely N-dealkylation sites (N-methyl/N-ethyl adjacent to an activating group) is 1. The van der Waals surface area contributed by atoms with Gasteiger partial charge in [0.1, 0.15) is 0 Å². The average Bonchev–Trinajstić information content (AvgIpc) is 2.86. The number of nitrogens with zero attached hydrogens (tertiary/aromatic N) is 3. The van der Waals surface area contributed by atoms with Crippen molar-refractivity contribution in [3.63, 3.8) is 0 Å². The quantitative estimate of drug-likeness (QED) is 0.216. The number of nitrogens with one attached hydrogen (secondary N) is 2. The first-order valence-electron chi connectivity index (χ1n) is 11.6. The zero-order chi connectivity index (χ0) is 23.5. The van der Waals surface area contributed by atoms with Crippen molar-refractivity contribution < 1.29 is 0 Å². The van der Waals surface area contributed by atoms with Crippen LogP contribution in [0.2, 0.25) is 0 Å². The summed E-state index contributed by atoms with van der Waals surface area (Å²) in [6, 6.07) is 24.4. The molecule has 0 bridgehead atoms. The molecule has 3 aromatic rings. The van der Waals surface area contributed by atoms with E-state index >= 15 is 0 Å². The molecule has 2 N–H and O–H groups in total. The summed E-state index contributed by atoms with van der Waals surface area (Å²) in [7, 11) is 1.80. The van der Waals surface area contributed by atoms with Gasteiger partial charge < -0.3 is 15.2 Å². The summed E-state index contributed by atoms with van der Waals surface area (Å²) >= 11 is 0. The Hall–Kier alpha value is -2.65. The molecule has 7 heteroatoms. The highest BCUT2D eigenvalue weighted by Gasteiger charge is 2.18. The lowest BCUT2D eigenvalue weighted by atomic mass is 10.1. The lowest BCUT2D eigenvalue weighted by Crippen LogP contribution is -2.43. The third-order valence-corrected chi connectivity index (χ3v) is 5.86. The van der Waals surface area contributed by atoms with Gasteiger partial charge in [0.2, 0.25) is 0 Å². The molecule has 0 saturated carbocycles. The first-order chi connectivity index (χ1) is 16.1. The summed E-state index contributed by atoms with van der Waals surface area (Å²) < 4.78 is 1.71. The molecular weight excluding hydrogens is 537 g/mol. The van der Waals surface area contributed by atoms with E-state index in [2.05, 4.69) is 89.0 Å². The average molecular weight is 574 g/mol. The van der Waals surface area contributed by atoms with Crippen molar-refractivity contribution in [3.8, 4) is 0 Å². The van der Waals surface area contributed by atoms with Crippen molar-refractivity contribution >= 4 is 29.9 Å². The predicted octanol–water partition coefficient (Wildman–Crippen LogP) is 4.26. The minimum absolute atomic E-state index is 0. The molecule has 6 nitrogen and oxygen atoms in total. The number of aliphatic imine (C=N–C) groups is 1. The molecule has 0 radical (unpaired) electrons. The van der Waals surface area contributed by atoms with Crippen molar-refractivity contribution in [1.29, 1.82) is 0 Å². The van der Waals surface area contributed by atoms with Crippen LogP contribution in [-0.2, 0) is 13.1 Å². The first-order valence-corrected chi connectivity index (χ1v) is 11.6. The number of hydrogen-bond donors (Lipinski definition) is 2. The SMILES string of the molecule is CCN(CC)C(CNC(=NC)NCc1ccc(Cn2ccccc2=O)cc1)c1ccccc1.I. The van der Waals surface area contributed by atoms with E-state index < -0.39 is 0 Å². The molecular formula is C27H36IN5O. The van der Waals surface area contributed by atoms with Crippen LogP contribution in [0.4, 0.5) is 0 Å². The van der Waals surface area contributed by atoms with Gasteiger partial charge in [-0.2, -0.15) is 0 Å². The van der Waals surface area contributed by atoms with Crippen LogP contribution in [0.5, 0.6) is 0 Å². The minimum Gasteiger partial charge on any atom is -0.354 e. The van der Waals surface area contributed by atoms with Gasteiger partial charge in [0.25, 0.3) is 5.56 Å². The third kappa shape index (κ3) is 7.99. The molecule has 0 saturated heterocycles. The monoisotopic (exact) mass is 573 g/mol. The zero-order valence-electron chi connectivity index (χ0n) is 20.3. The highest BCUT2D eigenvalue weighted by molar-refractivity contribution is 14.0. The second-order valence-corrected chi connectivity index (χ2v) is 7.94. The van der Waals surface area contributed by atoms with Gasteiger partial charge in [0.15, 0.2) is 5.96 Å². The van der Waals surface area contributed by atoms with E-state index in [1.54, 1.807) is 23.7 Å². The van der Waals surface area contributed by atoms with Gasteiger partial charge >= 0.3 is 0 Å². The van der Waals surface area contributed by atoms with Gasteiger partial charge in [-0.1, -0.05) is 74.5 Å². The zero-order valence-corrected chi connectivity index (χ0v) is 22.6. The second kappa shape index (κ2) is 14.6. The van der Waals surface area contributed by atoms with Crippen LogP contribution in [0.3, 0.4) is 0 Å². The van der Waals surface area contributed by atoms with E-state index in [1.165, 1.54) is 5.56 Å². The number of benzene rings is 2. The number of rotatable bonds is 10. The highest BCUT2D eigenvalue weighted by atomic mass is 127. The largest absolute Gasteiger partial charge is 0.354 e. The van der Waals surface area contributed by atoms with Crippen molar-refractivity contribution in [3.05, 3.63) is 106 Å². The fraction of sp³-hybridized carbons (Fsp3) is 0.333. The molecule has 0 amide bonds. The van der Waals surface area contributed by atoms with Gasteiger partial charge in [-0.25, -0.2) is 0 Å². The molecule has 0 fully saturated rings. The number of aromatic nitrogens is 1. The first kappa shape index (κ1) is 27.6. The van der Waals surface area contributed by atoms with Gasteiger partial charge in [-0.05, 0) is 35.8 Å². The van der Waals surface area contributed by atoms with E-state index in [0.717, 1.165) is 36.7 Å². The molecule has 0 aliphatic carbocycles. The van der Waals surface area contributed by atoms with Crippen molar-refractivity contribution in [2.45, 2.75) is 33.0 Å². The molecule has 1 aromatic heterocycles. The Labute approximate surface area is 220 Å². The molecule has 3 rings (SSSR count). The van der Waals surface area contributed by atoms with Crippen molar-refractivity contribution in [1.82, 2.24) is 20.1 Å². The molecule has 2 aromatic carbocycles. The molecule has 0 aliphatic rings. The van der Waals surface area contributed by atoms with Crippen LogP contribution >= 0.6 is 24.0 Å². The van der Waals surface area contributed by atoms with Crippen molar-refractivity contribution in [2.24, 2.45) is 4.99 Å². The topological polar surface area (TPSA) is 61.7 Å². The van der Waals surface area contributed by atoms with E-state index in [-0.39, 0.29) is 35.6 Å². The van der Waals surface area contributed by atoms with E-state index in [1.807, 2.05) is 12.3 Å². The van der Waals surface area contributed by atoms with Gasteiger partial charge in [-0.3, -0.25) is 14.7 Å². The number of hydrogen-bond acceptors (Lipinski definition) is 3. The summed E-state index contributed by atoms with van der Waals surface area (Å²) in [5, 5.41) is 6.91. The van der Waals surface area contributed by atoms with Crippen LogP contribution < -0.4 is 16.2 Å². The Bertz CT molecular complexity index is 1060. The van der Waals surface area contributed by atoms with Crippen LogP contribution in [0, 0.1) is 0 Å². The maximum absolute atomic E-state index is 11.9. The Balaban J connectivity index is 0.00000408. The van der Waals surface area contributed by atoms with Gasteiger partial charge in [-0.15, -0.1) is 24.0 Å². The fourth-order valence-corrected chi connectivity index (χ4v) is 3.95. The van der Waals surface area contributed by atoms with Crippen molar-refractivity contribution in [2.75, 3.05) is 26.7 Å². The number of guanidine groups is 1. The minimum atomic E-state index is 0. The van der Waals surface area contributed by atoms with Crippen LogP contribution in [0.1, 0.15) is 36.6 Å². The number of pyridine rings is 1. The normalized spacial score (nSPS) is 12.2. The molecule has 1 unspecified atom stereocenters. The molecule has 0 spiro atoms. The molecule has 34 heavy (non-hydrogen) atoms. The lowest BCUT2D eigenvalue weighted by Gasteiger charge is -2.30. The number of halogens is 1. The predicted molar refractivity (Wildman–Crippen MR) is 152 cm³/mol. The molecule has 0 aliphatic heterocycles.